The van der Waals surface area contributed by atoms with E-state index in [-0.39, 0.29) is 12.4 Å². The molecule has 0 aromatic heterocycles. The monoisotopic (exact) mass is 289 g/mol. The Balaban J connectivity index is 0.00000162. The molecule has 0 radical (unpaired) electrons. The maximum atomic E-state index is 6.08. The van der Waals surface area contributed by atoms with Crippen LogP contribution in [0.2, 0.25) is 5.02 Å². The van der Waals surface area contributed by atoms with Crippen molar-refractivity contribution in [3.05, 3.63) is 28.8 Å². The van der Waals surface area contributed by atoms with Crippen molar-refractivity contribution in [2.45, 2.75) is 26.2 Å². The minimum absolute atomic E-state index is 0. The first-order valence-corrected chi connectivity index (χ1v) is 6.79. The summed E-state index contributed by atoms with van der Waals surface area (Å²) in [5, 5.41) is 4.23. The zero-order chi connectivity index (χ0) is 12.1. The Morgan fingerprint density at radius 2 is 2.28 bits per heavy atom. The maximum Gasteiger partial charge on any atom is 0.119 e. The fourth-order valence-electron chi connectivity index (χ4n) is 2.19. The highest BCUT2D eigenvalue weighted by molar-refractivity contribution is 6.31. The molecule has 1 aromatic rings. The lowest BCUT2D eigenvalue weighted by Gasteiger charge is -2.22. The van der Waals surface area contributed by atoms with Gasteiger partial charge in [0.1, 0.15) is 5.75 Å². The van der Waals surface area contributed by atoms with Crippen LogP contribution >= 0.6 is 24.0 Å². The van der Waals surface area contributed by atoms with Crippen LogP contribution in [0.5, 0.6) is 5.75 Å². The first-order valence-electron chi connectivity index (χ1n) is 6.41. The summed E-state index contributed by atoms with van der Waals surface area (Å²) in [7, 11) is 0. The summed E-state index contributed by atoms with van der Waals surface area (Å²) in [5.41, 5.74) is 1.16. The average Bonchev–Trinajstić information content (AvgIpc) is 2.39. The van der Waals surface area contributed by atoms with Gasteiger partial charge in [0.2, 0.25) is 0 Å². The topological polar surface area (TPSA) is 21.3 Å². The van der Waals surface area contributed by atoms with E-state index in [1.165, 1.54) is 12.8 Å². The summed E-state index contributed by atoms with van der Waals surface area (Å²) in [6.07, 6.45) is 3.47. The van der Waals surface area contributed by atoms with Gasteiger partial charge >= 0.3 is 0 Å². The van der Waals surface area contributed by atoms with Crippen molar-refractivity contribution < 1.29 is 4.74 Å². The Bertz CT molecular complexity index is 365. The second-order valence-corrected chi connectivity index (χ2v) is 5.04. The third kappa shape index (κ3) is 4.34. The first-order chi connectivity index (χ1) is 8.29. The lowest BCUT2D eigenvalue weighted by Crippen LogP contribution is -2.33. The second-order valence-electron chi connectivity index (χ2n) is 4.63. The molecule has 0 saturated carbocycles. The zero-order valence-corrected chi connectivity index (χ0v) is 12.3. The van der Waals surface area contributed by atoms with E-state index >= 15 is 0 Å². The van der Waals surface area contributed by atoms with Crippen molar-refractivity contribution in [3.63, 3.8) is 0 Å². The van der Waals surface area contributed by atoms with E-state index < -0.39 is 0 Å². The average molecular weight is 290 g/mol. The van der Waals surface area contributed by atoms with Gasteiger partial charge in [0.05, 0.1) is 6.61 Å². The van der Waals surface area contributed by atoms with Gasteiger partial charge < -0.3 is 10.1 Å². The standard InChI is InChI=1S/C14H20ClNO.ClH/c1-2-12-8-13(5-6-14(12)15)17-10-11-4-3-7-16-9-11;/h5-6,8,11,16H,2-4,7,9-10H2,1H3;1H. The van der Waals surface area contributed by atoms with Crippen LogP contribution < -0.4 is 10.1 Å². The number of hydrogen-bond donors (Lipinski definition) is 1. The van der Waals surface area contributed by atoms with Crippen LogP contribution in [0, 0.1) is 5.92 Å². The predicted octanol–water partition coefficient (Wildman–Crippen LogP) is 3.70. The molecule has 2 rings (SSSR count). The van der Waals surface area contributed by atoms with Crippen LogP contribution in [0.3, 0.4) is 0 Å². The summed E-state index contributed by atoms with van der Waals surface area (Å²) < 4.78 is 5.84. The molecular formula is C14H21Cl2NO. The van der Waals surface area contributed by atoms with E-state index in [1.54, 1.807) is 0 Å². The van der Waals surface area contributed by atoms with Crippen LogP contribution in [0.15, 0.2) is 18.2 Å². The van der Waals surface area contributed by atoms with Gasteiger partial charge in [0.15, 0.2) is 0 Å². The van der Waals surface area contributed by atoms with Gasteiger partial charge in [-0.1, -0.05) is 18.5 Å². The smallest absolute Gasteiger partial charge is 0.119 e. The normalized spacial score (nSPS) is 19.1. The van der Waals surface area contributed by atoms with E-state index in [1.807, 2.05) is 12.1 Å². The van der Waals surface area contributed by atoms with E-state index in [2.05, 4.69) is 18.3 Å². The number of rotatable bonds is 4. The highest BCUT2D eigenvalue weighted by atomic mass is 35.5. The van der Waals surface area contributed by atoms with Gasteiger partial charge in [-0.3, -0.25) is 0 Å². The minimum Gasteiger partial charge on any atom is -0.493 e. The number of nitrogens with one attached hydrogen (secondary N) is 1. The number of ether oxygens (including phenoxy) is 1. The summed E-state index contributed by atoms with van der Waals surface area (Å²) in [6.45, 7) is 5.14. The number of aryl methyl sites for hydroxylation is 1. The molecule has 1 aliphatic rings. The molecule has 1 unspecified atom stereocenters. The number of halogens is 2. The molecule has 1 heterocycles. The van der Waals surface area contributed by atoms with Crippen molar-refractivity contribution in [1.29, 1.82) is 0 Å². The minimum atomic E-state index is 0. The molecule has 102 valence electrons. The number of benzene rings is 1. The molecule has 0 aliphatic carbocycles. The molecular weight excluding hydrogens is 269 g/mol. The SMILES string of the molecule is CCc1cc(OCC2CCCNC2)ccc1Cl.Cl. The highest BCUT2D eigenvalue weighted by Crippen LogP contribution is 2.23. The third-order valence-corrected chi connectivity index (χ3v) is 3.65. The van der Waals surface area contributed by atoms with Crippen LogP contribution in [0.1, 0.15) is 25.3 Å². The van der Waals surface area contributed by atoms with Crippen LogP contribution in [-0.4, -0.2) is 19.7 Å². The quantitative estimate of drug-likeness (QED) is 0.913. The molecule has 1 aliphatic heterocycles. The van der Waals surface area contributed by atoms with Crippen molar-refractivity contribution in [1.82, 2.24) is 5.32 Å². The van der Waals surface area contributed by atoms with E-state index in [0.717, 1.165) is 42.5 Å². The van der Waals surface area contributed by atoms with Gasteiger partial charge in [0, 0.05) is 17.5 Å². The molecule has 4 heteroatoms. The fourth-order valence-corrected chi connectivity index (χ4v) is 2.44. The molecule has 18 heavy (non-hydrogen) atoms. The summed E-state index contributed by atoms with van der Waals surface area (Å²) >= 11 is 6.08. The lowest BCUT2D eigenvalue weighted by atomic mass is 10.0. The summed E-state index contributed by atoms with van der Waals surface area (Å²) in [4.78, 5) is 0. The van der Waals surface area contributed by atoms with Gasteiger partial charge in [-0.15, -0.1) is 12.4 Å². The van der Waals surface area contributed by atoms with Crippen molar-refractivity contribution in [2.75, 3.05) is 19.7 Å². The molecule has 1 aromatic carbocycles. The molecule has 0 bridgehead atoms. The third-order valence-electron chi connectivity index (χ3n) is 3.28. The Labute approximate surface area is 120 Å². The lowest BCUT2D eigenvalue weighted by molar-refractivity contribution is 0.218. The Morgan fingerprint density at radius 1 is 1.44 bits per heavy atom. The zero-order valence-electron chi connectivity index (χ0n) is 10.7. The highest BCUT2D eigenvalue weighted by Gasteiger charge is 2.13. The maximum absolute atomic E-state index is 6.08. The molecule has 2 nitrogen and oxygen atoms in total. The van der Waals surface area contributed by atoms with Crippen molar-refractivity contribution >= 4 is 24.0 Å². The van der Waals surface area contributed by atoms with Crippen molar-refractivity contribution in [3.8, 4) is 5.75 Å². The Kier molecular flexibility index (Phi) is 6.83. The van der Waals surface area contributed by atoms with Crippen LogP contribution in [0.4, 0.5) is 0 Å². The molecule has 0 amide bonds. The van der Waals surface area contributed by atoms with E-state index in [9.17, 15) is 0 Å². The Morgan fingerprint density at radius 3 is 2.94 bits per heavy atom. The fraction of sp³-hybridized carbons (Fsp3) is 0.571. The molecule has 1 saturated heterocycles. The largest absolute Gasteiger partial charge is 0.493 e. The van der Waals surface area contributed by atoms with Crippen LogP contribution in [0.25, 0.3) is 0 Å². The van der Waals surface area contributed by atoms with Gasteiger partial charge in [-0.25, -0.2) is 0 Å². The molecule has 1 fully saturated rings. The van der Waals surface area contributed by atoms with Gasteiger partial charge in [0.25, 0.3) is 0 Å². The summed E-state index contributed by atoms with van der Waals surface area (Å²) in [6, 6.07) is 5.94. The summed E-state index contributed by atoms with van der Waals surface area (Å²) in [5.74, 6) is 1.58. The molecule has 1 atom stereocenters. The van der Waals surface area contributed by atoms with Crippen molar-refractivity contribution in [2.24, 2.45) is 5.92 Å². The second kappa shape index (κ2) is 7.88. The molecule has 1 N–H and O–H groups in total. The van der Waals surface area contributed by atoms with Crippen LogP contribution in [-0.2, 0) is 6.42 Å². The Hall–Kier alpha value is -0.440. The van der Waals surface area contributed by atoms with E-state index in [4.69, 9.17) is 16.3 Å². The molecule has 0 spiro atoms. The number of hydrogen-bond acceptors (Lipinski definition) is 2. The predicted molar refractivity (Wildman–Crippen MR) is 79.2 cm³/mol. The number of piperidine rings is 1. The van der Waals surface area contributed by atoms with Gasteiger partial charge in [-0.05, 0) is 49.6 Å². The van der Waals surface area contributed by atoms with E-state index in [0.29, 0.717) is 5.92 Å². The van der Waals surface area contributed by atoms with Gasteiger partial charge in [-0.2, -0.15) is 0 Å². The first kappa shape index (κ1) is 15.6.